The molecule has 0 radical (unpaired) electrons. The van der Waals surface area contributed by atoms with Gasteiger partial charge in [0, 0.05) is 49.4 Å². The summed E-state index contributed by atoms with van der Waals surface area (Å²) in [6.07, 6.45) is -5.71. The van der Waals surface area contributed by atoms with Gasteiger partial charge in [0.25, 0.3) is 0 Å². The molecule has 135 heavy (non-hydrogen) atoms. The minimum absolute atomic E-state index is 0.0204. The number of aromatic hydroxyl groups is 2. The lowest BCUT2D eigenvalue weighted by Gasteiger charge is -2.34. The largest absolute Gasteiger partial charge is 0.508 e. The van der Waals surface area contributed by atoms with Crippen molar-refractivity contribution in [3.05, 3.63) is 59.7 Å². The van der Waals surface area contributed by atoms with Crippen LogP contribution in [0, 0.1) is 17.8 Å². The Bertz CT molecular complexity index is 4320. The fourth-order valence-electron chi connectivity index (χ4n) is 13.9. The maximum atomic E-state index is 14.9. The van der Waals surface area contributed by atoms with Gasteiger partial charge in [0.05, 0.1) is 31.0 Å². The zero-order valence-electron chi connectivity index (χ0n) is 77.9. The van der Waals surface area contributed by atoms with Crippen LogP contribution in [0.2, 0.25) is 0 Å². The standard InChI is InChI=1S/C85H143N25O23S2/c1-11-42(5)62(106-80(130)66(85(9,10)135)109-72(122)56(35-46-20-24-48(114)25-21-46)101-79(129)65(45(8)113)108-77(127)63(43(6)12-2)105-75(125)60-37-50(116)38-110(60)81(131)61(89)41(3)4)76(126)99-53(19-16-34-95-84(92)93)67(117)98-55(29-32-88)71(121)107-64(44(7)112)78(128)100-54(28-31-87)70(120)96-51(17-13-14-30-86)69(119)104-59(40-134)74(124)103-58(39-111)73(123)97-52(18-15-33-94-83(90)91)68(118)102-57(82(132)133)36-47-22-26-49(115)27-23-47/h20-27,41-45,50-66,111-116,134-135H,11-19,28-40,86-89H2,1-10H3,(H,96,120)(H,97,123)(H,98,117)(H,99,126)(H,100,128)(H,101,129)(H,102,118)(H,103,124)(H,104,119)(H,105,125)(H,106,130)(H,107,121)(H,108,127)(H,109,122)(H,132,133)(H4,90,91,94)(H4,92,93,95)/t42-,43-,44+,45+,50+,51-,52-,53-,54+,55-,56-,57-,58-,59-,60-,61-,62-,63-,64-,65-,66+/m0/s1. The number of aliphatic hydroxyl groups excluding tert-OH is 4. The summed E-state index contributed by atoms with van der Waals surface area (Å²) in [5, 5.41) is 108. The number of amides is 15. The quantitative estimate of drug-likeness (QED) is 0.0127. The van der Waals surface area contributed by atoms with Crippen LogP contribution >= 0.6 is 25.3 Å². The Morgan fingerprint density at radius 1 is 0.452 bits per heavy atom. The predicted octanol–water partition coefficient (Wildman–Crippen LogP) is -8.88. The normalized spacial score (nSPS) is 17.3. The number of benzene rings is 2. The van der Waals surface area contributed by atoms with Gasteiger partial charge < -0.3 is 161 Å². The Kier molecular flexibility index (Phi) is 51.2. The second kappa shape index (κ2) is 58.7. The molecular weight excluding hydrogens is 1800 g/mol. The number of aliphatic carboxylic acids is 1. The number of unbranched alkanes of at least 4 members (excludes halogenated alkanes) is 1. The van der Waals surface area contributed by atoms with Gasteiger partial charge in [-0.3, -0.25) is 81.9 Å². The van der Waals surface area contributed by atoms with Crippen LogP contribution in [0.25, 0.3) is 0 Å². The van der Waals surface area contributed by atoms with Gasteiger partial charge in [-0.1, -0.05) is 78.6 Å². The topological polar surface area (TPSA) is 819 Å². The number of carbonyl (C=O) groups is 16. The van der Waals surface area contributed by atoms with E-state index >= 15 is 0 Å². The van der Waals surface area contributed by atoms with Crippen molar-refractivity contribution in [2.45, 2.75) is 279 Å². The van der Waals surface area contributed by atoms with Crippen LogP contribution in [0.1, 0.15) is 157 Å². The van der Waals surface area contributed by atoms with Crippen molar-refractivity contribution >= 4 is 132 Å². The van der Waals surface area contributed by atoms with Gasteiger partial charge in [-0.2, -0.15) is 25.3 Å². The number of carboxylic acids is 1. The molecule has 0 unspecified atom stereocenters. The molecule has 1 saturated heterocycles. The number of hydrogen-bond donors (Lipinski definition) is 31. The average molecular weight is 1950 g/mol. The molecule has 0 bridgehead atoms. The molecule has 2 aromatic carbocycles. The van der Waals surface area contributed by atoms with Gasteiger partial charge in [-0.15, -0.1) is 0 Å². The van der Waals surface area contributed by atoms with Crippen LogP contribution < -0.4 is 120 Å². The number of phenols is 2. The van der Waals surface area contributed by atoms with E-state index < -0.39 is 239 Å². The van der Waals surface area contributed by atoms with E-state index in [9.17, 15) is 112 Å². The number of phenolic OH excluding ortho intramolecular Hbond substituents is 2. The number of hydrogen-bond acceptors (Lipinski definition) is 30. The van der Waals surface area contributed by atoms with Gasteiger partial charge in [-0.25, -0.2) is 4.79 Å². The molecular formula is C85H143N25O23S2. The molecule has 1 aliphatic heterocycles. The number of nitrogens with one attached hydrogen (secondary N) is 14. The summed E-state index contributed by atoms with van der Waals surface area (Å²) in [4.78, 5) is 236. The molecule has 48 nitrogen and oxygen atoms in total. The minimum Gasteiger partial charge on any atom is -0.508 e. The molecule has 2 aromatic rings. The maximum Gasteiger partial charge on any atom is 0.326 e. The monoisotopic (exact) mass is 1950 g/mol. The number of nitrogens with two attached hydrogens (primary N) is 8. The van der Waals surface area contributed by atoms with E-state index in [4.69, 9.17) is 45.9 Å². The highest BCUT2D eigenvalue weighted by atomic mass is 32.1. The molecule has 21 atom stereocenters. The number of nitrogens with zero attached hydrogens (tertiary/aromatic N) is 3. The van der Waals surface area contributed by atoms with Crippen molar-refractivity contribution in [1.82, 2.24) is 79.3 Å². The molecule has 0 aliphatic carbocycles. The molecule has 3 rings (SSSR count). The van der Waals surface area contributed by atoms with Gasteiger partial charge in [-0.05, 0) is 158 Å². The molecule has 50 heteroatoms. The van der Waals surface area contributed by atoms with E-state index in [1.165, 1.54) is 69.3 Å². The number of thiol groups is 2. The zero-order valence-corrected chi connectivity index (χ0v) is 79.7. The van der Waals surface area contributed by atoms with Crippen LogP contribution in [0.3, 0.4) is 0 Å². The molecule has 0 saturated carbocycles. The summed E-state index contributed by atoms with van der Waals surface area (Å²) >= 11 is 8.91. The van der Waals surface area contributed by atoms with Gasteiger partial charge in [0.1, 0.15) is 102 Å². The average Bonchev–Trinajstić information content (AvgIpc) is 1.77. The van der Waals surface area contributed by atoms with Crippen LogP contribution in [0.5, 0.6) is 11.5 Å². The Hall–Kier alpha value is -11.5. The first-order valence-corrected chi connectivity index (χ1v) is 45.8. The van der Waals surface area contributed by atoms with Gasteiger partial charge in [0.15, 0.2) is 11.9 Å². The summed E-state index contributed by atoms with van der Waals surface area (Å²) in [5.74, 6) is -19.8. The molecule has 1 heterocycles. The van der Waals surface area contributed by atoms with E-state index in [1.54, 1.807) is 41.5 Å². The Morgan fingerprint density at radius 3 is 1.19 bits per heavy atom. The SMILES string of the molecule is CC[C@H](C)[C@H](NC(=O)[C@@H](NC(=O)[C@H](Cc1ccc(O)cc1)NC(=O)[C@@H](NC(=O)[C@@H](NC(=O)[C@@H]1C[C@@H](O)CN1C(=O)[C@@H](N)C(C)C)[C@@H](C)CC)[C@@H](C)O)C(C)(C)S)C(=O)N[C@@H](CCCN=C(N)N)C(=O)N[C@@H](CCN)C(=O)N[C@H](C(=O)N[C@H](CCN)C(=O)N[C@@H](CCCCN)C(=O)N[C@@H](CS)C(=O)N[C@@H](CO)C(=O)N[C@@H](CCCN=C(N)N)C(=O)N[C@@H](Cc1ccc(O)cc1)C(=O)O)[C@@H](C)O. The summed E-state index contributed by atoms with van der Waals surface area (Å²) in [5.41, 5.74) is 46.7. The van der Waals surface area contributed by atoms with Crippen LogP contribution in [-0.4, -0.2) is 318 Å². The van der Waals surface area contributed by atoms with E-state index in [0.717, 1.165) is 11.8 Å². The predicted molar refractivity (Wildman–Crippen MR) is 504 cm³/mol. The molecule has 0 spiro atoms. The Balaban J connectivity index is 1.93. The molecule has 0 aromatic heterocycles. The molecule has 15 amide bonds. The number of likely N-dealkylation sites (tertiary alicyclic amines) is 1. The van der Waals surface area contributed by atoms with Crippen LogP contribution in [0.15, 0.2) is 58.5 Å². The minimum atomic E-state index is -1.94. The second-order valence-electron chi connectivity index (χ2n) is 34.3. The number of β-amino-alcohol motifs (C(OH)–C–C–N with tert-alkyl or cyclic N) is 1. The zero-order chi connectivity index (χ0) is 102. The lowest BCUT2D eigenvalue weighted by Crippen LogP contribution is -2.65. The van der Waals surface area contributed by atoms with E-state index in [-0.39, 0.29) is 152 Å². The summed E-state index contributed by atoms with van der Waals surface area (Å²) < 4.78 is -1.54. The first-order chi connectivity index (χ1) is 63.4. The van der Waals surface area contributed by atoms with Crippen molar-refractivity contribution in [2.75, 3.05) is 51.6 Å². The fourth-order valence-corrected chi connectivity index (χ4v) is 14.4. The van der Waals surface area contributed by atoms with Crippen molar-refractivity contribution in [3.8, 4) is 11.5 Å². The Labute approximate surface area is 795 Å². The van der Waals surface area contributed by atoms with E-state index in [2.05, 4.69) is 110 Å². The number of guanidine groups is 2. The van der Waals surface area contributed by atoms with Crippen molar-refractivity contribution < 1.29 is 112 Å². The molecule has 758 valence electrons. The van der Waals surface area contributed by atoms with E-state index in [1.807, 2.05) is 0 Å². The highest BCUT2D eigenvalue weighted by Crippen LogP contribution is 2.25. The van der Waals surface area contributed by atoms with Crippen LogP contribution in [0.4, 0.5) is 0 Å². The van der Waals surface area contributed by atoms with Crippen molar-refractivity contribution in [1.29, 1.82) is 0 Å². The van der Waals surface area contributed by atoms with E-state index in [0.29, 0.717) is 17.5 Å². The number of carboxylic acid groups (broad SMARTS) is 1. The number of aliphatic imine (C=N–C) groups is 2. The third-order valence-electron chi connectivity index (χ3n) is 22.4. The highest BCUT2D eigenvalue weighted by Gasteiger charge is 2.46. The van der Waals surface area contributed by atoms with Crippen molar-refractivity contribution in [3.63, 3.8) is 0 Å². The summed E-state index contributed by atoms with van der Waals surface area (Å²) in [6.45, 7) is 13.2. The second-order valence-corrected chi connectivity index (χ2v) is 35.8. The lowest BCUT2D eigenvalue weighted by molar-refractivity contribution is -0.142. The summed E-state index contributed by atoms with van der Waals surface area (Å²) in [6, 6.07) is -14.4. The number of aliphatic hydroxyl groups is 4. The third-order valence-corrected chi connectivity index (χ3v) is 23.0. The third kappa shape index (κ3) is 39.8. The highest BCUT2D eigenvalue weighted by molar-refractivity contribution is 7.81. The number of carbonyl (C=O) groups excluding carboxylic acids is 15. The van der Waals surface area contributed by atoms with Gasteiger partial charge >= 0.3 is 5.97 Å². The molecule has 37 N–H and O–H groups in total. The smallest absolute Gasteiger partial charge is 0.326 e. The maximum absolute atomic E-state index is 14.9. The lowest BCUT2D eigenvalue weighted by atomic mass is 9.95. The summed E-state index contributed by atoms with van der Waals surface area (Å²) in [7, 11) is 0. The first kappa shape index (κ1) is 118. The van der Waals surface area contributed by atoms with Crippen LogP contribution in [-0.2, 0) is 89.6 Å². The molecule has 1 aliphatic rings. The fraction of sp³-hybridized carbons (Fsp3) is 0.647. The Morgan fingerprint density at radius 2 is 0.793 bits per heavy atom. The number of rotatable bonds is 60. The van der Waals surface area contributed by atoms with Gasteiger partial charge in [0.2, 0.25) is 88.6 Å². The first-order valence-electron chi connectivity index (χ1n) is 44.7. The molecule has 1 fully saturated rings. The van der Waals surface area contributed by atoms with Crippen molar-refractivity contribution in [2.24, 2.45) is 73.6 Å².